The van der Waals surface area contributed by atoms with Crippen molar-refractivity contribution in [3.63, 3.8) is 0 Å². The Bertz CT molecular complexity index is 679. The summed E-state index contributed by atoms with van der Waals surface area (Å²) in [5.74, 6) is 0. The number of fused-ring (bicyclic) bond motifs is 1. The Balaban J connectivity index is 1.76. The van der Waals surface area contributed by atoms with E-state index in [1.807, 2.05) is 29.9 Å². The van der Waals surface area contributed by atoms with E-state index in [1.165, 1.54) is 0 Å². The van der Waals surface area contributed by atoms with E-state index in [1.54, 1.807) is 6.07 Å². The van der Waals surface area contributed by atoms with E-state index in [0.717, 1.165) is 37.0 Å². The molecule has 1 aliphatic carbocycles. The predicted octanol–water partition coefficient (Wildman–Crippen LogP) is 1.94. The van der Waals surface area contributed by atoms with Crippen molar-refractivity contribution in [2.24, 2.45) is 0 Å². The zero-order valence-corrected chi connectivity index (χ0v) is 12.3. The van der Waals surface area contributed by atoms with E-state index in [2.05, 4.69) is 16.0 Å². The molecule has 0 radical (unpaired) electrons. The highest BCUT2D eigenvalue weighted by atomic mass is 16.3. The van der Waals surface area contributed by atoms with Crippen LogP contribution in [0.25, 0.3) is 5.65 Å². The van der Waals surface area contributed by atoms with E-state index in [9.17, 15) is 5.11 Å². The number of hydrogen-bond donors (Lipinski definition) is 1. The highest BCUT2D eigenvalue weighted by Gasteiger charge is 2.32. The van der Waals surface area contributed by atoms with Gasteiger partial charge in [0.1, 0.15) is 11.7 Å². The van der Waals surface area contributed by atoms with Gasteiger partial charge in [0.15, 0.2) is 0 Å². The van der Waals surface area contributed by atoms with Gasteiger partial charge in [-0.15, -0.1) is 0 Å². The van der Waals surface area contributed by atoms with Crippen molar-refractivity contribution in [1.82, 2.24) is 14.3 Å². The van der Waals surface area contributed by atoms with Crippen molar-refractivity contribution in [2.75, 3.05) is 13.6 Å². The minimum Gasteiger partial charge on any atom is -0.389 e. The SMILES string of the molecule is CN(Cc1cnc2ccc(C#N)cn12)CC1(O)CCCC1. The molecule has 0 aromatic carbocycles. The Morgan fingerprint density at radius 3 is 2.90 bits per heavy atom. The Morgan fingerprint density at radius 1 is 1.43 bits per heavy atom. The molecule has 3 rings (SSSR count). The van der Waals surface area contributed by atoms with Crippen LogP contribution in [-0.4, -0.2) is 38.6 Å². The summed E-state index contributed by atoms with van der Waals surface area (Å²) >= 11 is 0. The molecule has 1 aliphatic rings. The van der Waals surface area contributed by atoms with E-state index in [0.29, 0.717) is 18.7 Å². The second kappa shape index (κ2) is 5.47. The minimum absolute atomic E-state index is 0.535. The quantitative estimate of drug-likeness (QED) is 0.932. The van der Waals surface area contributed by atoms with Crippen molar-refractivity contribution in [2.45, 2.75) is 37.8 Å². The maximum Gasteiger partial charge on any atom is 0.137 e. The van der Waals surface area contributed by atoms with Crippen LogP contribution in [0.2, 0.25) is 0 Å². The van der Waals surface area contributed by atoms with Crippen molar-refractivity contribution >= 4 is 5.65 Å². The van der Waals surface area contributed by atoms with Crippen LogP contribution >= 0.6 is 0 Å². The second-order valence-corrected chi connectivity index (χ2v) is 6.11. The molecule has 2 heterocycles. The number of imidazole rings is 1. The number of aromatic nitrogens is 2. The molecule has 1 saturated carbocycles. The number of aliphatic hydroxyl groups is 1. The van der Waals surface area contributed by atoms with Gasteiger partial charge >= 0.3 is 0 Å². The van der Waals surface area contributed by atoms with Gasteiger partial charge < -0.3 is 9.51 Å². The van der Waals surface area contributed by atoms with E-state index in [4.69, 9.17) is 5.26 Å². The highest BCUT2D eigenvalue weighted by Crippen LogP contribution is 2.30. The van der Waals surface area contributed by atoms with Gasteiger partial charge in [-0.25, -0.2) is 4.98 Å². The number of nitrogens with zero attached hydrogens (tertiary/aromatic N) is 4. The molecule has 1 N–H and O–H groups in total. The molecular weight excluding hydrogens is 264 g/mol. The Morgan fingerprint density at radius 2 is 2.19 bits per heavy atom. The summed E-state index contributed by atoms with van der Waals surface area (Å²) in [6.45, 7) is 1.39. The topological polar surface area (TPSA) is 64.6 Å². The third kappa shape index (κ3) is 2.92. The first-order valence-corrected chi connectivity index (χ1v) is 7.37. The van der Waals surface area contributed by atoms with Crippen molar-refractivity contribution in [3.05, 3.63) is 35.8 Å². The molecule has 0 saturated heterocycles. The fourth-order valence-corrected chi connectivity index (χ4v) is 3.24. The van der Waals surface area contributed by atoms with Crippen LogP contribution in [0.5, 0.6) is 0 Å². The lowest BCUT2D eigenvalue weighted by Crippen LogP contribution is -2.38. The predicted molar refractivity (Wildman–Crippen MR) is 79.7 cm³/mol. The smallest absolute Gasteiger partial charge is 0.137 e. The Labute approximate surface area is 124 Å². The first-order valence-electron chi connectivity index (χ1n) is 7.37. The number of hydrogen-bond acceptors (Lipinski definition) is 4. The number of nitriles is 1. The molecule has 0 atom stereocenters. The third-order valence-corrected chi connectivity index (χ3v) is 4.24. The Kier molecular flexibility index (Phi) is 3.66. The molecule has 0 bridgehead atoms. The van der Waals surface area contributed by atoms with E-state index >= 15 is 0 Å². The van der Waals surface area contributed by atoms with Gasteiger partial charge in [-0.3, -0.25) is 4.90 Å². The highest BCUT2D eigenvalue weighted by molar-refractivity contribution is 5.44. The third-order valence-electron chi connectivity index (χ3n) is 4.24. The summed E-state index contributed by atoms with van der Waals surface area (Å²) < 4.78 is 1.95. The van der Waals surface area contributed by atoms with Crippen LogP contribution in [0.4, 0.5) is 0 Å². The van der Waals surface area contributed by atoms with Gasteiger partial charge in [0.05, 0.1) is 23.1 Å². The molecule has 110 valence electrons. The molecule has 2 aromatic rings. The maximum absolute atomic E-state index is 10.5. The normalized spacial score (nSPS) is 17.4. The average molecular weight is 284 g/mol. The van der Waals surface area contributed by atoms with Gasteiger partial charge in [-0.2, -0.15) is 5.26 Å². The van der Waals surface area contributed by atoms with Crippen molar-refractivity contribution in [1.29, 1.82) is 5.26 Å². The van der Waals surface area contributed by atoms with Crippen molar-refractivity contribution < 1.29 is 5.11 Å². The van der Waals surface area contributed by atoms with Crippen LogP contribution in [0.15, 0.2) is 24.5 Å². The standard InChI is InChI=1S/C16H20N4O/c1-19(12-16(21)6-2-3-7-16)11-14-9-18-15-5-4-13(8-17)10-20(14)15/h4-5,9-10,21H,2-3,6-7,11-12H2,1H3. The maximum atomic E-state index is 10.5. The minimum atomic E-state index is -0.535. The lowest BCUT2D eigenvalue weighted by Gasteiger charge is -2.28. The van der Waals surface area contributed by atoms with Crippen LogP contribution < -0.4 is 0 Å². The summed E-state index contributed by atoms with van der Waals surface area (Å²) in [5, 5.41) is 19.5. The molecule has 0 unspecified atom stereocenters. The van der Waals surface area contributed by atoms with Crippen LogP contribution in [0, 0.1) is 11.3 Å². The zero-order chi connectivity index (χ0) is 14.9. The van der Waals surface area contributed by atoms with Crippen LogP contribution in [0.3, 0.4) is 0 Å². The first kappa shape index (κ1) is 14.1. The van der Waals surface area contributed by atoms with Gasteiger partial charge in [0.25, 0.3) is 0 Å². The van der Waals surface area contributed by atoms with Crippen LogP contribution in [0.1, 0.15) is 36.9 Å². The van der Waals surface area contributed by atoms with E-state index < -0.39 is 5.60 Å². The van der Waals surface area contributed by atoms with Gasteiger partial charge in [-0.1, -0.05) is 12.8 Å². The summed E-state index contributed by atoms with van der Waals surface area (Å²) in [6, 6.07) is 5.78. The Hall–Kier alpha value is -1.90. The van der Waals surface area contributed by atoms with Crippen LogP contribution in [-0.2, 0) is 6.54 Å². The lowest BCUT2D eigenvalue weighted by molar-refractivity contribution is 0.0142. The fraction of sp³-hybridized carbons (Fsp3) is 0.500. The largest absolute Gasteiger partial charge is 0.389 e. The second-order valence-electron chi connectivity index (χ2n) is 6.11. The first-order chi connectivity index (χ1) is 10.1. The summed E-state index contributed by atoms with van der Waals surface area (Å²) in [6.07, 6.45) is 7.67. The number of rotatable bonds is 4. The number of pyridine rings is 1. The molecule has 1 fully saturated rings. The molecule has 0 amide bonds. The molecule has 2 aromatic heterocycles. The lowest BCUT2D eigenvalue weighted by atomic mass is 10.0. The van der Waals surface area contributed by atoms with Gasteiger partial charge in [0.2, 0.25) is 0 Å². The van der Waals surface area contributed by atoms with E-state index in [-0.39, 0.29) is 0 Å². The molecular formula is C16H20N4O. The molecule has 0 aliphatic heterocycles. The van der Waals surface area contributed by atoms with Gasteiger partial charge in [-0.05, 0) is 32.0 Å². The summed E-state index contributed by atoms with van der Waals surface area (Å²) in [4.78, 5) is 6.49. The molecule has 0 spiro atoms. The van der Waals surface area contributed by atoms with Gasteiger partial charge in [0, 0.05) is 19.3 Å². The summed E-state index contributed by atoms with van der Waals surface area (Å²) in [7, 11) is 2.02. The molecule has 5 nitrogen and oxygen atoms in total. The fourth-order valence-electron chi connectivity index (χ4n) is 3.24. The average Bonchev–Trinajstić information content (AvgIpc) is 3.05. The molecule has 21 heavy (non-hydrogen) atoms. The monoisotopic (exact) mass is 284 g/mol. The van der Waals surface area contributed by atoms with Crippen molar-refractivity contribution in [3.8, 4) is 6.07 Å². The zero-order valence-electron chi connectivity index (χ0n) is 12.3. The summed E-state index contributed by atoms with van der Waals surface area (Å²) in [5.41, 5.74) is 1.97. The molecule has 5 heteroatoms. The number of likely N-dealkylation sites (N-methyl/N-ethyl adjacent to an activating group) is 1.